The van der Waals surface area contributed by atoms with E-state index in [1.807, 2.05) is 0 Å². The predicted molar refractivity (Wildman–Crippen MR) is 43.0 cm³/mol. The topological polar surface area (TPSA) is 17.1 Å². The minimum atomic E-state index is -4.13. The Balaban J connectivity index is 3.17. The van der Waals surface area contributed by atoms with Crippen LogP contribution in [0, 0.1) is 0 Å². The van der Waals surface area contributed by atoms with Gasteiger partial charge < -0.3 is 4.79 Å². The molecule has 0 saturated heterocycles. The third-order valence-corrected chi connectivity index (χ3v) is 2.01. The van der Waals surface area contributed by atoms with Gasteiger partial charge in [-0.2, -0.15) is 13.2 Å². The fourth-order valence-electron chi connectivity index (χ4n) is 0.664. The zero-order valence-electron chi connectivity index (χ0n) is 6.78. The van der Waals surface area contributed by atoms with Crippen molar-refractivity contribution in [3.8, 4) is 0 Å². The highest BCUT2D eigenvalue weighted by atomic mass is 32.2. The van der Waals surface area contributed by atoms with Gasteiger partial charge in [-0.05, 0) is 19.8 Å². The van der Waals surface area contributed by atoms with Gasteiger partial charge in [-0.25, -0.2) is 0 Å². The average Bonchev–Trinajstić information content (AvgIpc) is 1.83. The monoisotopic (exact) mass is 200 g/mol. The lowest BCUT2D eigenvalue weighted by atomic mass is 10.2. The highest BCUT2D eigenvalue weighted by molar-refractivity contribution is 8.00. The van der Waals surface area contributed by atoms with Crippen LogP contribution in [-0.2, 0) is 4.79 Å². The zero-order valence-corrected chi connectivity index (χ0v) is 7.60. The van der Waals surface area contributed by atoms with E-state index in [1.165, 1.54) is 6.92 Å². The molecule has 0 N–H and O–H groups in total. The van der Waals surface area contributed by atoms with Crippen molar-refractivity contribution >= 4 is 17.5 Å². The molecule has 72 valence electrons. The molecule has 0 heterocycles. The molecule has 0 aliphatic rings. The molecule has 0 rings (SSSR count). The number of unbranched alkanes of at least 4 members (excludes halogenated alkanes) is 1. The molecule has 0 radical (unpaired) electrons. The Kier molecular flexibility index (Phi) is 5.37. The van der Waals surface area contributed by atoms with Crippen molar-refractivity contribution in [2.24, 2.45) is 0 Å². The van der Waals surface area contributed by atoms with Crippen LogP contribution in [0.2, 0.25) is 0 Å². The molecule has 0 aromatic rings. The third kappa shape index (κ3) is 9.81. The van der Waals surface area contributed by atoms with E-state index >= 15 is 0 Å². The van der Waals surface area contributed by atoms with Crippen molar-refractivity contribution in [2.75, 3.05) is 5.75 Å². The third-order valence-electron chi connectivity index (χ3n) is 1.19. The molecule has 0 unspecified atom stereocenters. The summed E-state index contributed by atoms with van der Waals surface area (Å²) in [4.78, 5) is 10.4. The number of rotatable bonds is 5. The first kappa shape index (κ1) is 11.8. The molecule has 0 aromatic carbocycles. The predicted octanol–water partition coefficient (Wildman–Crippen LogP) is 3.00. The first-order valence-electron chi connectivity index (χ1n) is 3.62. The van der Waals surface area contributed by atoms with Crippen molar-refractivity contribution in [3.05, 3.63) is 0 Å². The molecular weight excluding hydrogens is 189 g/mol. The van der Waals surface area contributed by atoms with Crippen LogP contribution in [0.1, 0.15) is 26.2 Å². The van der Waals surface area contributed by atoms with Gasteiger partial charge in [0.2, 0.25) is 0 Å². The smallest absolute Gasteiger partial charge is 0.300 e. The molecular formula is C7H11F3OS. The molecule has 5 heteroatoms. The number of alkyl halides is 3. The number of hydrogen-bond acceptors (Lipinski definition) is 2. The fraction of sp³-hybridized carbons (Fsp3) is 0.857. The van der Waals surface area contributed by atoms with Gasteiger partial charge in [0.05, 0.1) is 0 Å². The summed E-state index contributed by atoms with van der Waals surface area (Å²) in [6, 6.07) is 0. The molecule has 0 spiro atoms. The van der Waals surface area contributed by atoms with Gasteiger partial charge in [-0.3, -0.25) is 0 Å². The van der Waals surface area contributed by atoms with Crippen molar-refractivity contribution < 1.29 is 18.0 Å². The van der Waals surface area contributed by atoms with Gasteiger partial charge in [0.1, 0.15) is 5.78 Å². The second-order valence-corrected chi connectivity index (χ2v) is 3.61. The summed E-state index contributed by atoms with van der Waals surface area (Å²) in [6.45, 7) is 1.44. The maximum Gasteiger partial charge on any atom is 0.441 e. The lowest BCUT2D eigenvalue weighted by Crippen LogP contribution is -2.01. The molecule has 0 amide bonds. The minimum Gasteiger partial charge on any atom is -0.300 e. The van der Waals surface area contributed by atoms with Gasteiger partial charge in [0, 0.05) is 12.2 Å². The summed E-state index contributed by atoms with van der Waals surface area (Å²) in [7, 11) is 0. The molecule has 0 fully saturated rings. The Bertz CT molecular complexity index is 144. The highest BCUT2D eigenvalue weighted by Crippen LogP contribution is 2.30. The second-order valence-electron chi connectivity index (χ2n) is 2.45. The highest BCUT2D eigenvalue weighted by Gasteiger charge is 2.27. The lowest BCUT2D eigenvalue weighted by molar-refractivity contribution is -0.117. The number of Topliss-reactive ketones (excluding diaryl/α,β-unsaturated/α-hetero) is 1. The van der Waals surface area contributed by atoms with E-state index in [0.29, 0.717) is 19.3 Å². The van der Waals surface area contributed by atoms with Crippen LogP contribution in [0.15, 0.2) is 0 Å². The van der Waals surface area contributed by atoms with Crippen LogP contribution in [0.25, 0.3) is 0 Å². The number of ketones is 1. The van der Waals surface area contributed by atoms with Crippen molar-refractivity contribution in [1.82, 2.24) is 0 Å². The molecule has 0 bridgehead atoms. The molecule has 12 heavy (non-hydrogen) atoms. The number of carbonyl (C=O) groups is 1. The number of hydrogen-bond donors (Lipinski definition) is 0. The Labute approximate surface area is 73.7 Å². The van der Waals surface area contributed by atoms with E-state index in [1.54, 1.807) is 0 Å². The summed E-state index contributed by atoms with van der Waals surface area (Å²) < 4.78 is 34.6. The summed E-state index contributed by atoms with van der Waals surface area (Å²) in [5, 5.41) is 0. The average molecular weight is 200 g/mol. The Morgan fingerprint density at radius 1 is 1.33 bits per heavy atom. The van der Waals surface area contributed by atoms with Crippen LogP contribution in [0.4, 0.5) is 13.2 Å². The maximum absolute atomic E-state index is 11.5. The molecule has 0 aliphatic heterocycles. The van der Waals surface area contributed by atoms with Crippen LogP contribution < -0.4 is 0 Å². The van der Waals surface area contributed by atoms with Gasteiger partial charge >= 0.3 is 5.51 Å². The van der Waals surface area contributed by atoms with E-state index in [0.717, 1.165) is 0 Å². The number of halogens is 3. The molecule has 1 nitrogen and oxygen atoms in total. The number of carbonyl (C=O) groups excluding carboxylic acids is 1. The van der Waals surface area contributed by atoms with Crippen molar-refractivity contribution in [3.63, 3.8) is 0 Å². The zero-order chi connectivity index (χ0) is 9.61. The Morgan fingerprint density at radius 3 is 2.33 bits per heavy atom. The van der Waals surface area contributed by atoms with Crippen molar-refractivity contribution in [1.29, 1.82) is 0 Å². The van der Waals surface area contributed by atoms with Gasteiger partial charge in [-0.1, -0.05) is 11.8 Å². The Hall–Kier alpha value is -0.190. The summed E-state index contributed by atoms with van der Waals surface area (Å²) >= 11 is -0.0261. The minimum absolute atomic E-state index is 0.0261. The standard InChI is InChI=1S/C7H11F3OS/c1-6(11)4-2-3-5-12-7(8,9)10/h2-5H2,1H3. The van der Waals surface area contributed by atoms with Crippen LogP contribution in [0.5, 0.6) is 0 Å². The fourth-order valence-corrected chi connectivity index (χ4v) is 1.24. The maximum atomic E-state index is 11.5. The van der Waals surface area contributed by atoms with Gasteiger partial charge in [0.25, 0.3) is 0 Å². The summed E-state index contributed by atoms with van der Waals surface area (Å²) in [6.07, 6.45) is 1.39. The van der Waals surface area contributed by atoms with Crippen LogP contribution >= 0.6 is 11.8 Å². The van der Waals surface area contributed by atoms with Crippen LogP contribution in [-0.4, -0.2) is 17.0 Å². The van der Waals surface area contributed by atoms with E-state index < -0.39 is 5.51 Å². The normalized spacial score (nSPS) is 11.7. The summed E-state index contributed by atoms with van der Waals surface area (Å²) in [5.74, 6) is 0.0866. The van der Waals surface area contributed by atoms with Crippen LogP contribution in [0.3, 0.4) is 0 Å². The SMILES string of the molecule is CC(=O)CCCCSC(F)(F)F. The van der Waals surface area contributed by atoms with Gasteiger partial charge in [-0.15, -0.1) is 0 Å². The molecule has 0 aliphatic carbocycles. The van der Waals surface area contributed by atoms with Crippen molar-refractivity contribution in [2.45, 2.75) is 31.7 Å². The quantitative estimate of drug-likeness (QED) is 0.634. The lowest BCUT2D eigenvalue weighted by Gasteiger charge is -2.03. The number of thioether (sulfide) groups is 1. The Morgan fingerprint density at radius 2 is 1.92 bits per heavy atom. The van der Waals surface area contributed by atoms with E-state index in [4.69, 9.17) is 0 Å². The molecule has 0 atom stereocenters. The van der Waals surface area contributed by atoms with Gasteiger partial charge in [0.15, 0.2) is 0 Å². The summed E-state index contributed by atoms with van der Waals surface area (Å²) in [5.41, 5.74) is -4.13. The second kappa shape index (κ2) is 5.45. The first-order valence-corrected chi connectivity index (χ1v) is 4.60. The van der Waals surface area contributed by atoms with E-state index in [-0.39, 0.29) is 23.3 Å². The molecule has 0 aromatic heterocycles. The molecule has 0 saturated carbocycles. The largest absolute Gasteiger partial charge is 0.441 e. The van der Waals surface area contributed by atoms with E-state index in [2.05, 4.69) is 0 Å². The van der Waals surface area contributed by atoms with E-state index in [9.17, 15) is 18.0 Å². The first-order chi connectivity index (χ1) is 5.42.